The van der Waals surface area contributed by atoms with E-state index in [9.17, 15) is 14.4 Å². The van der Waals surface area contributed by atoms with Crippen LogP contribution in [0.5, 0.6) is 0 Å². The first-order valence-electron chi connectivity index (χ1n) is 9.67. The Morgan fingerprint density at radius 1 is 1.07 bits per heavy atom. The summed E-state index contributed by atoms with van der Waals surface area (Å²) in [6.45, 7) is 0.689. The lowest BCUT2D eigenvalue weighted by Crippen LogP contribution is -2.28. The van der Waals surface area contributed by atoms with Gasteiger partial charge >= 0.3 is 0 Å². The maximum atomic E-state index is 13.0. The van der Waals surface area contributed by atoms with Crippen LogP contribution in [0.1, 0.15) is 32.9 Å². The van der Waals surface area contributed by atoms with Gasteiger partial charge in [0.05, 0.1) is 16.1 Å². The van der Waals surface area contributed by atoms with Crippen LogP contribution < -0.4 is 15.1 Å². The molecule has 2 aromatic carbocycles. The van der Waals surface area contributed by atoms with Crippen molar-refractivity contribution in [1.82, 2.24) is 0 Å². The Morgan fingerprint density at radius 3 is 2.63 bits per heavy atom. The van der Waals surface area contributed by atoms with Crippen molar-refractivity contribution in [2.45, 2.75) is 12.8 Å². The summed E-state index contributed by atoms with van der Waals surface area (Å²) in [6.07, 6.45) is 1.39. The third kappa shape index (κ3) is 3.97. The average molecular weight is 420 g/mol. The van der Waals surface area contributed by atoms with Crippen molar-refractivity contribution in [3.8, 4) is 0 Å². The van der Waals surface area contributed by atoms with E-state index in [1.165, 1.54) is 16.2 Å². The van der Waals surface area contributed by atoms with Crippen molar-refractivity contribution in [1.29, 1.82) is 0 Å². The molecule has 1 fully saturated rings. The summed E-state index contributed by atoms with van der Waals surface area (Å²) in [4.78, 5) is 41.6. The fourth-order valence-corrected chi connectivity index (χ4v) is 4.20. The van der Waals surface area contributed by atoms with Crippen molar-refractivity contribution >= 4 is 46.1 Å². The number of rotatable bonds is 5. The Bertz CT molecular complexity index is 1090. The van der Waals surface area contributed by atoms with Gasteiger partial charge in [-0.3, -0.25) is 14.4 Å². The van der Waals surface area contributed by atoms with Crippen molar-refractivity contribution in [2.24, 2.45) is 0 Å². The Balaban J connectivity index is 1.56. The van der Waals surface area contributed by atoms with Crippen molar-refractivity contribution in [3.63, 3.8) is 0 Å². The number of para-hydroxylation sites is 1. The highest BCUT2D eigenvalue weighted by Crippen LogP contribution is 2.26. The van der Waals surface area contributed by atoms with Gasteiger partial charge in [0, 0.05) is 31.4 Å². The van der Waals surface area contributed by atoms with Crippen LogP contribution in [-0.4, -0.2) is 31.3 Å². The SMILES string of the molecule is CN(C(=O)c1cccs1)c1ccccc1C(=O)Nc1cccc(N2CCCC2=O)c1. The molecule has 1 aromatic heterocycles. The number of thiophene rings is 1. The van der Waals surface area contributed by atoms with Gasteiger partial charge in [-0.1, -0.05) is 24.3 Å². The van der Waals surface area contributed by atoms with Gasteiger partial charge in [-0.2, -0.15) is 0 Å². The Labute approximate surface area is 178 Å². The molecule has 6 nitrogen and oxygen atoms in total. The van der Waals surface area contributed by atoms with E-state index in [-0.39, 0.29) is 17.7 Å². The molecule has 7 heteroatoms. The summed E-state index contributed by atoms with van der Waals surface area (Å²) >= 11 is 1.36. The second-order valence-corrected chi connectivity index (χ2v) is 7.96. The Kier molecular flexibility index (Phi) is 5.63. The number of amides is 3. The van der Waals surface area contributed by atoms with E-state index in [2.05, 4.69) is 5.32 Å². The van der Waals surface area contributed by atoms with Crippen LogP contribution >= 0.6 is 11.3 Å². The molecule has 30 heavy (non-hydrogen) atoms. The molecule has 0 atom stereocenters. The van der Waals surface area contributed by atoms with E-state index in [0.717, 1.165) is 12.1 Å². The molecule has 0 unspecified atom stereocenters. The van der Waals surface area contributed by atoms with Crippen LogP contribution in [0.2, 0.25) is 0 Å². The molecule has 2 heterocycles. The van der Waals surface area contributed by atoms with E-state index in [1.54, 1.807) is 54.4 Å². The highest BCUT2D eigenvalue weighted by Gasteiger charge is 2.23. The van der Waals surface area contributed by atoms with Crippen molar-refractivity contribution in [2.75, 3.05) is 28.7 Å². The van der Waals surface area contributed by atoms with Gasteiger partial charge < -0.3 is 15.1 Å². The lowest BCUT2D eigenvalue weighted by molar-refractivity contribution is -0.117. The molecule has 0 radical (unpaired) electrons. The first kappa shape index (κ1) is 19.8. The van der Waals surface area contributed by atoms with Gasteiger partial charge in [0.1, 0.15) is 0 Å². The van der Waals surface area contributed by atoms with Gasteiger partial charge in [0.25, 0.3) is 11.8 Å². The van der Waals surface area contributed by atoms with Gasteiger partial charge in [0.2, 0.25) is 5.91 Å². The van der Waals surface area contributed by atoms with Gasteiger partial charge in [-0.05, 0) is 48.2 Å². The molecule has 4 rings (SSSR count). The topological polar surface area (TPSA) is 69.7 Å². The predicted molar refractivity (Wildman–Crippen MR) is 119 cm³/mol. The highest BCUT2D eigenvalue weighted by molar-refractivity contribution is 7.12. The summed E-state index contributed by atoms with van der Waals surface area (Å²) in [5.74, 6) is -0.390. The molecule has 152 valence electrons. The zero-order chi connectivity index (χ0) is 21.1. The molecule has 1 aliphatic heterocycles. The summed E-state index contributed by atoms with van der Waals surface area (Å²) in [5, 5.41) is 4.74. The molecular weight excluding hydrogens is 398 g/mol. The number of benzene rings is 2. The molecule has 0 saturated carbocycles. The first-order valence-corrected chi connectivity index (χ1v) is 10.5. The van der Waals surface area contributed by atoms with Gasteiger partial charge in [-0.15, -0.1) is 11.3 Å². The Morgan fingerprint density at radius 2 is 1.90 bits per heavy atom. The third-order valence-electron chi connectivity index (χ3n) is 5.04. The van der Waals surface area contributed by atoms with E-state index < -0.39 is 0 Å². The largest absolute Gasteiger partial charge is 0.322 e. The Hall–Kier alpha value is -3.45. The monoisotopic (exact) mass is 419 g/mol. The standard InChI is InChI=1S/C23H21N3O3S/c1-25(23(29)20-11-6-14-30-20)19-10-3-2-9-18(19)22(28)24-16-7-4-8-17(15-16)26-13-5-12-21(26)27/h2-4,6-11,14-15H,5,12-13H2,1H3,(H,24,28). The number of carbonyl (C=O) groups is 3. The summed E-state index contributed by atoms with van der Waals surface area (Å²) in [7, 11) is 1.66. The van der Waals surface area contributed by atoms with Crippen molar-refractivity contribution < 1.29 is 14.4 Å². The third-order valence-corrected chi connectivity index (χ3v) is 5.89. The molecule has 3 amide bonds. The molecule has 3 aromatic rings. The summed E-state index contributed by atoms with van der Waals surface area (Å²) in [5.41, 5.74) is 2.29. The van der Waals surface area contributed by atoms with Crippen LogP contribution in [0, 0.1) is 0 Å². The van der Waals surface area contributed by atoms with E-state index in [4.69, 9.17) is 0 Å². The van der Waals surface area contributed by atoms with Crippen LogP contribution in [0.15, 0.2) is 66.0 Å². The van der Waals surface area contributed by atoms with Crippen LogP contribution in [0.3, 0.4) is 0 Å². The van der Waals surface area contributed by atoms with E-state index in [0.29, 0.717) is 34.8 Å². The number of anilines is 3. The lowest BCUT2D eigenvalue weighted by atomic mass is 10.1. The zero-order valence-electron chi connectivity index (χ0n) is 16.5. The number of nitrogens with one attached hydrogen (secondary N) is 1. The normalized spacial score (nSPS) is 13.4. The molecule has 1 N–H and O–H groups in total. The maximum Gasteiger partial charge on any atom is 0.268 e. The van der Waals surface area contributed by atoms with Crippen LogP contribution in [0.4, 0.5) is 17.1 Å². The number of hydrogen-bond donors (Lipinski definition) is 1. The average Bonchev–Trinajstić information content (AvgIpc) is 3.45. The van der Waals surface area contributed by atoms with Gasteiger partial charge in [-0.25, -0.2) is 0 Å². The van der Waals surface area contributed by atoms with Gasteiger partial charge in [0.15, 0.2) is 0 Å². The summed E-state index contributed by atoms with van der Waals surface area (Å²) < 4.78 is 0. The number of carbonyl (C=O) groups excluding carboxylic acids is 3. The minimum absolute atomic E-state index is 0.0949. The maximum absolute atomic E-state index is 13.0. The van der Waals surface area contributed by atoms with E-state index in [1.807, 2.05) is 23.6 Å². The molecular formula is C23H21N3O3S. The van der Waals surface area contributed by atoms with Crippen LogP contribution in [-0.2, 0) is 4.79 Å². The van der Waals surface area contributed by atoms with E-state index >= 15 is 0 Å². The van der Waals surface area contributed by atoms with Crippen LogP contribution in [0.25, 0.3) is 0 Å². The lowest BCUT2D eigenvalue weighted by Gasteiger charge is -2.20. The first-order chi connectivity index (χ1) is 14.5. The molecule has 0 bridgehead atoms. The molecule has 0 aliphatic carbocycles. The minimum Gasteiger partial charge on any atom is -0.322 e. The van der Waals surface area contributed by atoms with Crippen molar-refractivity contribution in [3.05, 3.63) is 76.5 Å². The molecule has 1 aliphatic rings. The predicted octanol–water partition coefficient (Wildman–Crippen LogP) is 4.40. The highest BCUT2D eigenvalue weighted by atomic mass is 32.1. The minimum atomic E-state index is -0.318. The fraction of sp³-hybridized carbons (Fsp3) is 0.174. The fourth-order valence-electron chi connectivity index (χ4n) is 3.50. The molecule has 0 spiro atoms. The second kappa shape index (κ2) is 8.51. The number of hydrogen-bond acceptors (Lipinski definition) is 4. The summed E-state index contributed by atoms with van der Waals surface area (Å²) in [6, 6.07) is 17.8. The smallest absolute Gasteiger partial charge is 0.268 e. The quantitative estimate of drug-likeness (QED) is 0.666. The number of nitrogens with zero attached hydrogens (tertiary/aromatic N) is 2. The molecule has 1 saturated heterocycles. The second-order valence-electron chi connectivity index (χ2n) is 7.01. The zero-order valence-corrected chi connectivity index (χ0v) is 17.3.